The summed E-state index contributed by atoms with van der Waals surface area (Å²) >= 11 is 0. The SMILES string of the molecule is CCCCc1cc(C)c(-n2c(CC(C)(C)C)nnc2-c2ccccc2)c(C)c1. The van der Waals surface area contributed by atoms with E-state index >= 15 is 0 Å². The van der Waals surface area contributed by atoms with Crippen LogP contribution in [0.1, 0.15) is 63.1 Å². The summed E-state index contributed by atoms with van der Waals surface area (Å²) in [6, 6.07) is 15.1. The highest BCUT2D eigenvalue weighted by Gasteiger charge is 2.23. The average molecular weight is 376 g/mol. The standard InChI is InChI=1S/C25H33N3/c1-7-8-12-20-15-18(2)23(19(3)16-20)28-22(17-25(4,5)6)26-27-24(28)21-13-10-9-11-14-21/h9-11,13-16H,7-8,12,17H2,1-6H3. The molecule has 3 rings (SSSR count). The van der Waals surface area contributed by atoms with Crippen molar-refractivity contribution in [2.24, 2.45) is 5.41 Å². The van der Waals surface area contributed by atoms with Gasteiger partial charge in [-0.2, -0.15) is 0 Å². The Kier molecular flexibility index (Phi) is 6.02. The number of nitrogens with zero attached hydrogens (tertiary/aromatic N) is 3. The summed E-state index contributed by atoms with van der Waals surface area (Å²) in [4.78, 5) is 0. The van der Waals surface area contributed by atoms with Crippen LogP contribution in [-0.4, -0.2) is 14.8 Å². The largest absolute Gasteiger partial charge is 0.278 e. The second kappa shape index (κ2) is 8.30. The van der Waals surface area contributed by atoms with Crippen molar-refractivity contribution in [1.29, 1.82) is 0 Å². The molecule has 0 aliphatic rings. The predicted octanol–water partition coefficient (Wildman–Crippen LogP) is 6.48. The fraction of sp³-hybridized carbons (Fsp3) is 0.440. The Morgan fingerprint density at radius 2 is 1.57 bits per heavy atom. The van der Waals surface area contributed by atoms with Gasteiger partial charge in [-0.1, -0.05) is 76.6 Å². The molecule has 0 aliphatic heterocycles. The van der Waals surface area contributed by atoms with E-state index in [0.717, 1.165) is 30.1 Å². The molecule has 0 amide bonds. The van der Waals surface area contributed by atoms with Gasteiger partial charge in [0.05, 0.1) is 5.69 Å². The van der Waals surface area contributed by atoms with Gasteiger partial charge < -0.3 is 0 Å². The summed E-state index contributed by atoms with van der Waals surface area (Å²) in [5.74, 6) is 1.95. The topological polar surface area (TPSA) is 30.7 Å². The third-order valence-electron chi connectivity index (χ3n) is 5.04. The highest BCUT2D eigenvalue weighted by Crippen LogP contribution is 2.31. The van der Waals surface area contributed by atoms with E-state index in [2.05, 4.69) is 92.7 Å². The van der Waals surface area contributed by atoms with Gasteiger partial charge in [-0.3, -0.25) is 4.57 Å². The molecular weight excluding hydrogens is 342 g/mol. The minimum Gasteiger partial charge on any atom is -0.278 e. The van der Waals surface area contributed by atoms with Crippen LogP contribution in [0.2, 0.25) is 0 Å². The smallest absolute Gasteiger partial charge is 0.168 e. The first kappa shape index (κ1) is 20.3. The highest BCUT2D eigenvalue weighted by molar-refractivity contribution is 5.61. The Morgan fingerprint density at radius 1 is 0.929 bits per heavy atom. The zero-order valence-corrected chi connectivity index (χ0v) is 18.2. The molecule has 0 fully saturated rings. The van der Waals surface area contributed by atoms with Gasteiger partial charge in [0.2, 0.25) is 0 Å². The van der Waals surface area contributed by atoms with Gasteiger partial charge in [0.25, 0.3) is 0 Å². The lowest BCUT2D eigenvalue weighted by Crippen LogP contribution is -2.15. The Balaban J connectivity index is 2.18. The third-order valence-corrected chi connectivity index (χ3v) is 5.04. The first-order valence-corrected chi connectivity index (χ1v) is 10.4. The number of rotatable bonds is 6. The van der Waals surface area contributed by atoms with E-state index in [9.17, 15) is 0 Å². The summed E-state index contributed by atoms with van der Waals surface area (Å²) in [6.07, 6.45) is 4.47. The molecule has 0 saturated carbocycles. The predicted molar refractivity (Wildman–Crippen MR) is 118 cm³/mol. The van der Waals surface area contributed by atoms with Gasteiger partial charge in [0.1, 0.15) is 5.82 Å². The van der Waals surface area contributed by atoms with Crippen LogP contribution in [0.25, 0.3) is 17.1 Å². The molecule has 0 saturated heterocycles. The monoisotopic (exact) mass is 375 g/mol. The fourth-order valence-corrected chi connectivity index (χ4v) is 3.84. The van der Waals surface area contributed by atoms with E-state index in [1.807, 2.05) is 6.07 Å². The van der Waals surface area contributed by atoms with Crippen LogP contribution >= 0.6 is 0 Å². The molecule has 3 heteroatoms. The normalized spacial score (nSPS) is 11.8. The van der Waals surface area contributed by atoms with E-state index in [1.54, 1.807) is 0 Å². The van der Waals surface area contributed by atoms with E-state index in [4.69, 9.17) is 0 Å². The number of aryl methyl sites for hydroxylation is 3. The lowest BCUT2D eigenvalue weighted by Gasteiger charge is -2.21. The molecule has 3 nitrogen and oxygen atoms in total. The molecule has 3 aromatic rings. The summed E-state index contributed by atoms with van der Waals surface area (Å²) in [5, 5.41) is 9.24. The lowest BCUT2D eigenvalue weighted by atomic mass is 9.91. The first-order chi connectivity index (χ1) is 13.3. The van der Waals surface area contributed by atoms with Crippen LogP contribution < -0.4 is 0 Å². The Hall–Kier alpha value is -2.42. The second-order valence-corrected chi connectivity index (χ2v) is 9.06. The Bertz CT molecular complexity index is 907. The first-order valence-electron chi connectivity index (χ1n) is 10.4. The second-order valence-electron chi connectivity index (χ2n) is 9.06. The van der Waals surface area contributed by atoms with Crippen molar-refractivity contribution < 1.29 is 0 Å². The van der Waals surface area contributed by atoms with Gasteiger partial charge in [-0.05, 0) is 48.8 Å². The minimum absolute atomic E-state index is 0.140. The van der Waals surface area contributed by atoms with E-state index in [-0.39, 0.29) is 5.41 Å². The molecule has 0 spiro atoms. The average Bonchev–Trinajstić information content (AvgIpc) is 3.01. The van der Waals surface area contributed by atoms with Gasteiger partial charge in [-0.15, -0.1) is 10.2 Å². The molecule has 28 heavy (non-hydrogen) atoms. The van der Waals surface area contributed by atoms with Crippen LogP contribution in [0.5, 0.6) is 0 Å². The maximum absolute atomic E-state index is 4.62. The van der Waals surface area contributed by atoms with Crippen LogP contribution in [0.15, 0.2) is 42.5 Å². The van der Waals surface area contributed by atoms with Gasteiger partial charge in [-0.25, -0.2) is 0 Å². The molecule has 0 aliphatic carbocycles. The number of aromatic nitrogens is 3. The molecule has 1 aromatic heterocycles. The third kappa shape index (κ3) is 4.52. The maximum Gasteiger partial charge on any atom is 0.168 e. The molecule has 2 aromatic carbocycles. The van der Waals surface area contributed by atoms with Crippen molar-refractivity contribution in [2.75, 3.05) is 0 Å². The molecule has 0 bridgehead atoms. The highest BCUT2D eigenvalue weighted by atomic mass is 15.3. The molecule has 0 radical (unpaired) electrons. The molecule has 0 atom stereocenters. The fourth-order valence-electron chi connectivity index (χ4n) is 3.84. The Labute approximate surface area is 169 Å². The van der Waals surface area contributed by atoms with Crippen LogP contribution in [0.3, 0.4) is 0 Å². The van der Waals surface area contributed by atoms with Crippen molar-refractivity contribution in [3.63, 3.8) is 0 Å². The number of hydrogen-bond acceptors (Lipinski definition) is 2. The molecule has 0 unspecified atom stereocenters. The minimum atomic E-state index is 0.140. The number of benzene rings is 2. The van der Waals surface area contributed by atoms with Gasteiger partial charge in [0.15, 0.2) is 5.82 Å². The van der Waals surface area contributed by atoms with Crippen LogP contribution in [0.4, 0.5) is 0 Å². The van der Waals surface area contributed by atoms with Crippen molar-refractivity contribution in [3.05, 3.63) is 65.0 Å². The number of unbranched alkanes of at least 4 members (excludes halogenated alkanes) is 1. The molecule has 0 N–H and O–H groups in total. The zero-order valence-electron chi connectivity index (χ0n) is 18.2. The summed E-state index contributed by atoms with van der Waals surface area (Å²) in [5.41, 5.74) is 6.47. The summed E-state index contributed by atoms with van der Waals surface area (Å²) in [6.45, 7) is 13.4. The summed E-state index contributed by atoms with van der Waals surface area (Å²) < 4.78 is 2.29. The zero-order chi connectivity index (χ0) is 20.3. The van der Waals surface area contributed by atoms with Crippen molar-refractivity contribution >= 4 is 0 Å². The number of hydrogen-bond donors (Lipinski definition) is 0. The van der Waals surface area contributed by atoms with E-state index in [1.165, 1.54) is 35.2 Å². The van der Waals surface area contributed by atoms with E-state index < -0.39 is 0 Å². The van der Waals surface area contributed by atoms with Crippen molar-refractivity contribution in [1.82, 2.24) is 14.8 Å². The lowest BCUT2D eigenvalue weighted by molar-refractivity contribution is 0.398. The van der Waals surface area contributed by atoms with Gasteiger partial charge >= 0.3 is 0 Å². The van der Waals surface area contributed by atoms with Gasteiger partial charge in [0, 0.05) is 12.0 Å². The van der Waals surface area contributed by atoms with Crippen LogP contribution in [-0.2, 0) is 12.8 Å². The molecule has 1 heterocycles. The van der Waals surface area contributed by atoms with Crippen LogP contribution in [0, 0.1) is 19.3 Å². The van der Waals surface area contributed by atoms with Crippen molar-refractivity contribution in [3.8, 4) is 17.1 Å². The molecule has 148 valence electrons. The Morgan fingerprint density at radius 3 is 2.14 bits per heavy atom. The van der Waals surface area contributed by atoms with Crippen molar-refractivity contribution in [2.45, 2.75) is 67.2 Å². The summed E-state index contributed by atoms with van der Waals surface area (Å²) in [7, 11) is 0. The van der Waals surface area contributed by atoms with E-state index in [0.29, 0.717) is 0 Å². The maximum atomic E-state index is 4.62. The molecular formula is C25H33N3. The quantitative estimate of drug-likeness (QED) is 0.493.